The number of aryl methyl sites for hydroxylation is 1. The molecule has 1 amide bonds. The van der Waals surface area contributed by atoms with Crippen LogP contribution in [0.4, 0.5) is 0 Å². The Morgan fingerprint density at radius 3 is 2.52 bits per heavy atom. The number of hydrogen-bond donors (Lipinski definition) is 1. The number of carbonyl (C=O) groups excluding carboxylic acids is 3. The van der Waals surface area contributed by atoms with Gasteiger partial charge in [0.1, 0.15) is 0 Å². The molecule has 1 aromatic rings. The second-order valence-electron chi connectivity index (χ2n) is 8.01. The summed E-state index contributed by atoms with van der Waals surface area (Å²) in [5, 5.41) is 2.77. The summed E-state index contributed by atoms with van der Waals surface area (Å²) in [7, 11) is 0. The van der Waals surface area contributed by atoms with Crippen molar-refractivity contribution in [1.82, 2.24) is 5.32 Å². The fourth-order valence-electron chi connectivity index (χ4n) is 4.54. The molecule has 27 heavy (non-hydrogen) atoms. The van der Waals surface area contributed by atoms with Crippen LogP contribution in [0.3, 0.4) is 0 Å². The summed E-state index contributed by atoms with van der Waals surface area (Å²) >= 11 is 0. The van der Waals surface area contributed by atoms with Gasteiger partial charge in [-0.2, -0.15) is 0 Å². The first-order valence-electron chi connectivity index (χ1n) is 10.0. The second-order valence-corrected chi connectivity index (χ2v) is 8.01. The van der Waals surface area contributed by atoms with Crippen LogP contribution in [-0.2, 0) is 20.7 Å². The minimum atomic E-state index is -0.240. The summed E-state index contributed by atoms with van der Waals surface area (Å²) in [6.07, 6.45) is 7.14. The van der Waals surface area contributed by atoms with Crippen LogP contribution in [0.2, 0.25) is 0 Å². The maximum Gasteiger partial charge on any atom is 0.306 e. The van der Waals surface area contributed by atoms with E-state index in [1.54, 1.807) is 12.1 Å². The molecule has 1 N–H and O–H groups in total. The van der Waals surface area contributed by atoms with Gasteiger partial charge in [0, 0.05) is 25.5 Å². The van der Waals surface area contributed by atoms with E-state index in [-0.39, 0.29) is 24.3 Å². The molecular weight excluding hydrogens is 342 g/mol. The number of fused-ring (bicyclic) bond motifs is 2. The quantitative estimate of drug-likeness (QED) is 0.411. The molecule has 2 bridgehead atoms. The lowest BCUT2D eigenvalue weighted by Gasteiger charge is -2.20. The van der Waals surface area contributed by atoms with Crippen LogP contribution in [0, 0.1) is 17.8 Å². The Morgan fingerprint density at radius 1 is 1.11 bits per heavy atom. The molecule has 0 aliphatic heterocycles. The number of ketones is 1. The van der Waals surface area contributed by atoms with Gasteiger partial charge in [0.25, 0.3) is 0 Å². The summed E-state index contributed by atoms with van der Waals surface area (Å²) in [6.45, 7) is 1.97. The maximum absolute atomic E-state index is 12.2. The van der Waals surface area contributed by atoms with Gasteiger partial charge in [-0.15, -0.1) is 0 Å². The van der Waals surface area contributed by atoms with Crippen molar-refractivity contribution in [3.63, 3.8) is 0 Å². The Bertz CT molecular complexity index is 682. The molecule has 146 valence electrons. The molecule has 2 saturated carbocycles. The first-order valence-corrected chi connectivity index (χ1v) is 10.0. The second kappa shape index (κ2) is 9.16. The highest BCUT2D eigenvalue weighted by molar-refractivity contribution is 5.97. The lowest BCUT2D eigenvalue weighted by Crippen LogP contribution is -2.21. The molecular formula is C22H29NO4. The number of amides is 1. The van der Waals surface area contributed by atoms with Gasteiger partial charge in [-0.25, -0.2) is 0 Å². The van der Waals surface area contributed by atoms with Crippen molar-refractivity contribution in [2.75, 3.05) is 13.2 Å². The molecule has 0 radical (unpaired) electrons. The van der Waals surface area contributed by atoms with Gasteiger partial charge in [-0.3, -0.25) is 14.4 Å². The third-order valence-electron chi connectivity index (χ3n) is 5.97. The highest BCUT2D eigenvalue weighted by Crippen LogP contribution is 2.49. The molecule has 0 spiro atoms. The van der Waals surface area contributed by atoms with Crippen molar-refractivity contribution >= 4 is 17.7 Å². The molecule has 3 rings (SSSR count). The van der Waals surface area contributed by atoms with Gasteiger partial charge < -0.3 is 10.1 Å². The summed E-state index contributed by atoms with van der Waals surface area (Å²) in [6, 6.07) is 7.38. The van der Waals surface area contributed by atoms with Crippen LogP contribution in [0.5, 0.6) is 0 Å². The number of esters is 1. The number of ether oxygens (including phenoxy) is 1. The van der Waals surface area contributed by atoms with Gasteiger partial charge in [0.2, 0.25) is 5.91 Å². The largest absolute Gasteiger partial charge is 0.457 e. The van der Waals surface area contributed by atoms with E-state index < -0.39 is 0 Å². The molecule has 2 aliphatic carbocycles. The topological polar surface area (TPSA) is 72.5 Å². The average Bonchev–Trinajstić information content (AvgIpc) is 3.26. The van der Waals surface area contributed by atoms with Crippen LogP contribution in [-0.4, -0.2) is 30.8 Å². The first kappa shape index (κ1) is 19.6. The SMILES string of the molecule is CC(=O)NCCCc1ccc(C(=O)COC(=O)C[C@H]2C[C@H]3CC[C@@H]2C3)cc1. The third-order valence-corrected chi connectivity index (χ3v) is 5.97. The van der Waals surface area contributed by atoms with Crippen LogP contribution in [0.15, 0.2) is 24.3 Å². The van der Waals surface area contributed by atoms with Gasteiger partial charge in [-0.1, -0.05) is 30.7 Å². The molecule has 3 atom stereocenters. The van der Waals surface area contributed by atoms with E-state index in [9.17, 15) is 14.4 Å². The van der Waals surface area contributed by atoms with Crippen LogP contribution < -0.4 is 5.32 Å². The lowest BCUT2D eigenvalue weighted by molar-refractivity contribution is -0.144. The monoisotopic (exact) mass is 371 g/mol. The average molecular weight is 371 g/mol. The third kappa shape index (κ3) is 5.65. The smallest absolute Gasteiger partial charge is 0.306 e. The summed E-state index contributed by atoms with van der Waals surface area (Å²) in [5.74, 6) is 1.54. The molecule has 1 aromatic carbocycles. The zero-order valence-corrected chi connectivity index (χ0v) is 16.0. The van der Waals surface area contributed by atoms with Crippen molar-refractivity contribution < 1.29 is 19.1 Å². The van der Waals surface area contributed by atoms with Crippen LogP contribution >= 0.6 is 0 Å². The Balaban J connectivity index is 1.37. The number of rotatable bonds is 9. The van der Waals surface area contributed by atoms with E-state index in [1.165, 1.54) is 26.2 Å². The van der Waals surface area contributed by atoms with Gasteiger partial charge in [0.05, 0.1) is 0 Å². The van der Waals surface area contributed by atoms with Gasteiger partial charge in [0.15, 0.2) is 12.4 Å². The van der Waals surface area contributed by atoms with E-state index in [2.05, 4.69) is 5.32 Å². The van der Waals surface area contributed by atoms with E-state index in [0.29, 0.717) is 30.4 Å². The number of Topliss-reactive ketones (excluding diaryl/α,β-unsaturated/α-hetero) is 1. The number of hydrogen-bond acceptors (Lipinski definition) is 4. The maximum atomic E-state index is 12.2. The minimum Gasteiger partial charge on any atom is -0.457 e. The zero-order valence-electron chi connectivity index (χ0n) is 16.0. The van der Waals surface area contributed by atoms with Gasteiger partial charge in [-0.05, 0) is 55.4 Å². The predicted octanol–water partition coefficient (Wildman–Crippen LogP) is 3.31. The molecule has 0 heterocycles. The fraction of sp³-hybridized carbons (Fsp3) is 0.591. The highest BCUT2D eigenvalue weighted by Gasteiger charge is 2.40. The van der Waals surface area contributed by atoms with Crippen molar-refractivity contribution in [2.24, 2.45) is 17.8 Å². The molecule has 2 fully saturated rings. The molecule has 0 unspecified atom stereocenters. The number of nitrogens with one attached hydrogen (secondary N) is 1. The summed E-state index contributed by atoms with van der Waals surface area (Å²) < 4.78 is 5.23. The Morgan fingerprint density at radius 2 is 1.89 bits per heavy atom. The molecule has 0 aromatic heterocycles. The highest BCUT2D eigenvalue weighted by atomic mass is 16.5. The van der Waals surface area contributed by atoms with E-state index in [1.807, 2.05) is 12.1 Å². The van der Waals surface area contributed by atoms with E-state index in [4.69, 9.17) is 4.74 Å². The Labute approximate surface area is 160 Å². The molecule has 0 saturated heterocycles. The predicted molar refractivity (Wildman–Crippen MR) is 102 cm³/mol. The number of carbonyl (C=O) groups is 3. The van der Waals surface area contributed by atoms with Gasteiger partial charge >= 0.3 is 5.97 Å². The standard InChI is InChI=1S/C22H29NO4/c1-15(24)23-10-2-3-16-4-7-18(8-5-16)21(25)14-27-22(26)13-20-12-17-6-9-19(20)11-17/h4-5,7-8,17,19-20H,2-3,6,9-14H2,1H3,(H,23,24)/t17-,19+,20+/m0/s1. The first-order chi connectivity index (χ1) is 13.0. The Hall–Kier alpha value is -2.17. The van der Waals surface area contributed by atoms with Crippen molar-refractivity contribution in [1.29, 1.82) is 0 Å². The van der Waals surface area contributed by atoms with Crippen LogP contribution in [0.25, 0.3) is 0 Å². The van der Waals surface area contributed by atoms with Crippen molar-refractivity contribution in [3.8, 4) is 0 Å². The summed E-state index contributed by atoms with van der Waals surface area (Å²) in [5.41, 5.74) is 1.68. The van der Waals surface area contributed by atoms with Crippen LogP contribution in [0.1, 0.15) is 61.4 Å². The molecule has 2 aliphatic rings. The van der Waals surface area contributed by atoms with Crippen molar-refractivity contribution in [2.45, 2.75) is 51.9 Å². The van der Waals surface area contributed by atoms with Crippen molar-refractivity contribution in [3.05, 3.63) is 35.4 Å². The minimum absolute atomic E-state index is 0.0223. The van der Waals surface area contributed by atoms with E-state index in [0.717, 1.165) is 30.7 Å². The zero-order chi connectivity index (χ0) is 19.2. The lowest BCUT2D eigenvalue weighted by atomic mass is 9.86. The van der Waals surface area contributed by atoms with E-state index >= 15 is 0 Å². The summed E-state index contributed by atoms with van der Waals surface area (Å²) in [4.78, 5) is 35.1. The molecule has 5 nitrogen and oxygen atoms in total. The number of benzene rings is 1. The Kier molecular flexibility index (Phi) is 6.64. The normalized spacial score (nSPS) is 23.2. The fourth-order valence-corrected chi connectivity index (χ4v) is 4.54. The molecule has 5 heteroatoms.